The fraction of sp³-hybridized carbons (Fsp3) is 0.233. The average molecular weight is 527 g/mol. The number of carbonyl (C=O) groups is 1. The number of aromatic nitrogens is 3. The second-order valence-electron chi connectivity index (χ2n) is 9.86. The lowest BCUT2D eigenvalue weighted by molar-refractivity contribution is 0.0600. The normalized spacial score (nSPS) is 14.2. The molecule has 0 saturated heterocycles. The summed E-state index contributed by atoms with van der Waals surface area (Å²) in [4.78, 5) is 12.1. The second kappa shape index (κ2) is 9.24. The number of halogens is 2. The number of benzene rings is 3. The van der Waals surface area contributed by atoms with Crippen molar-refractivity contribution in [2.24, 2.45) is 0 Å². The van der Waals surface area contributed by atoms with Crippen molar-refractivity contribution >= 4 is 27.8 Å². The maximum Gasteiger partial charge on any atom is 0.337 e. The first-order valence-electron chi connectivity index (χ1n) is 12.5. The molecule has 0 bridgehead atoms. The Labute approximate surface area is 222 Å². The van der Waals surface area contributed by atoms with Crippen LogP contribution in [0.4, 0.5) is 8.78 Å². The van der Waals surface area contributed by atoms with Crippen LogP contribution in [0.2, 0.25) is 0 Å². The molecule has 2 aromatic heterocycles. The number of aromatic amines is 1. The lowest BCUT2D eigenvalue weighted by Crippen LogP contribution is -2.36. The van der Waals surface area contributed by atoms with Gasteiger partial charge >= 0.3 is 5.97 Å². The number of ether oxygens (including phenoxy) is 2. The first-order chi connectivity index (χ1) is 18.9. The molecule has 6 rings (SSSR count). The number of fused-ring (bicyclic) bond motifs is 2. The predicted molar refractivity (Wildman–Crippen MR) is 142 cm³/mol. The maximum atomic E-state index is 16.4. The molecule has 7 nitrogen and oxygen atoms in total. The van der Waals surface area contributed by atoms with Gasteiger partial charge in [-0.1, -0.05) is 18.6 Å². The van der Waals surface area contributed by atoms with Gasteiger partial charge in [0.25, 0.3) is 0 Å². The molecular formula is C30H24F2N4O3. The third-order valence-corrected chi connectivity index (χ3v) is 7.78. The van der Waals surface area contributed by atoms with Crippen molar-refractivity contribution in [3.05, 3.63) is 77.6 Å². The number of hydrogen-bond acceptors (Lipinski definition) is 5. The molecule has 5 aromatic rings. The van der Waals surface area contributed by atoms with Gasteiger partial charge in [0.05, 0.1) is 43.3 Å². The van der Waals surface area contributed by atoms with E-state index < -0.39 is 23.0 Å². The number of nitrogens with zero attached hydrogens (tertiary/aromatic N) is 3. The lowest BCUT2D eigenvalue weighted by Gasteiger charge is -2.42. The van der Waals surface area contributed by atoms with Crippen LogP contribution in [-0.4, -0.2) is 35.0 Å². The van der Waals surface area contributed by atoms with E-state index in [4.69, 9.17) is 9.47 Å². The zero-order chi connectivity index (χ0) is 27.3. The molecule has 0 atom stereocenters. The number of nitriles is 1. The van der Waals surface area contributed by atoms with Gasteiger partial charge in [0.1, 0.15) is 17.1 Å². The van der Waals surface area contributed by atoms with Crippen LogP contribution in [-0.2, 0) is 10.2 Å². The van der Waals surface area contributed by atoms with Crippen molar-refractivity contribution in [2.45, 2.75) is 31.1 Å². The highest BCUT2D eigenvalue weighted by molar-refractivity contribution is 6.07. The van der Waals surface area contributed by atoms with Gasteiger partial charge in [0.15, 0.2) is 5.82 Å². The summed E-state index contributed by atoms with van der Waals surface area (Å²) in [6.45, 7) is 0. The van der Waals surface area contributed by atoms with Crippen LogP contribution in [0.3, 0.4) is 0 Å². The standard InChI is InChI=1S/C30H24F2N4O3/c1-38-22-14-20(31)13-21(15-22)36-23-12-19-16-34-35-27(19)26(32)25(23)24(28(36)30(10-11-33)8-3-9-30)17-4-6-18(7-5-17)29(37)39-2/h4-7,12-16H,3,8-10H2,1-2H3,(H,34,35). The maximum absolute atomic E-state index is 16.4. The van der Waals surface area contributed by atoms with Gasteiger partial charge in [-0.15, -0.1) is 0 Å². The van der Waals surface area contributed by atoms with E-state index in [0.717, 1.165) is 25.0 Å². The highest BCUT2D eigenvalue weighted by Crippen LogP contribution is 2.54. The number of methoxy groups -OCH3 is 2. The summed E-state index contributed by atoms with van der Waals surface area (Å²) in [5.74, 6) is -1.17. The third-order valence-electron chi connectivity index (χ3n) is 7.78. The Morgan fingerprint density at radius 1 is 1.15 bits per heavy atom. The van der Waals surface area contributed by atoms with Gasteiger partial charge < -0.3 is 14.0 Å². The quantitative estimate of drug-likeness (QED) is 0.252. The summed E-state index contributed by atoms with van der Waals surface area (Å²) in [6, 6.07) is 15.3. The Kier molecular flexibility index (Phi) is 5.83. The van der Waals surface area contributed by atoms with Crippen LogP contribution in [0.25, 0.3) is 38.6 Å². The van der Waals surface area contributed by atoms with E-state index in [0.29, 0.717) is 44.4 Å². The Bertz CT molecular complexity index is 1790. The van der Waals surface area contributed by atoms with Gasteiger partial charge in [-0.05, 0) is 42.7 Å². The molecule has 1 aliphatic rings. The topological polar surface area (TPSA) is 92.9 Å². The molecule has 1 N–H and O–H groups in total. The number of hydrogen-bond donors (Lipinski definition) is 1. The summed E-state index contributed by atoms with van der Waals surface area (Å²) < 4.78 is 43.3. The monoisotopic (exact) mass is 526 g/mol. The van der Waals surface area contributed by atoms with Crippen molar-refractivity contribution in [2.75, 3.05) is 14.2 Å². The molecule has 1 fully saturated rings. The van der Waals surface area contributed by atoms with Crippen molar-refractivity contribution < 1.29 is 23.0 Å². The minimum Gasteiger partial charge on any atom is -0.497 e. The molecule has 0 radical (unpaired) electrons. The fourth-order valence-electron chi connectivity index (χ4n) is 5.79. The number of nitrogens with one attached hydrogen (secondary N) is 1. The molecule has 0 amide bonds. The Morgan fingerprint density at radius 3 is 2.56 bits per heavy atom. The van der Waals surface area contributed by atoms with Crippen LogP contribution in [0, 0.1) is 23.0 Å². The van der Waals surface area contributed by atoms with Crippen LogP contribution in [0.15, 0.2) is 54.7 Å². The van der Waals surface area contributed by atoms with E-state index in [2.05, 4.69) is 16.3 Å². The van der Waals surface area contributed by atoms with E-state index in [1.54, 1.807) is 36.5 Å². The number of H-pyrrole nitrogens is 1. The minimum atomic E-state index is -0.581. The first kappa shape index (κ1) is 24.6. The van der Waals surface area contributed by atoms with Crippen molar-refractivity contribution in [3.8, 4) is 28.6 Å². The van der Waals surface area contributed by atoms with E-state index in [-0.39, 0.29) is 11.9 Å². The molecule has 39 heavy (non-hydrogen) atoms. The summed E-state index contributed by atoms with van der Waals surface area (Å²) in [5, 5.41) is 17.5. The van der Waals surface area contributed by atoms with Gasteiger partial charge in [-0.2, -0.15) is 10.4 Å². The molecule has 0 spiro atoms. The van der Waals surface area contributed by atoms with E-state index >= 15 is 4.39 Å². The second-order valence-corrected chi connectivity index (χ2v) is 9.86. The van der Waals surface area contributed by atoms with Crippen molar-refractivity contribution in [3.63, 3.8) is 0 Å². The smallest absolute Gasteiger partial charge is 0.337 e. The molecule has 1 aliphatic carbocycles. The molecule has 1 saturated carbocycles. The minimum absolute atomic E-state index is 0.212. The number of carbonyl (C=O) groups excluding carboxylic acids is 1. The van der Waals surface area contributed by atoms with Gasteiger partial charge in [0, 0.05) is 46.0 Å². The SMILES string of the molecule is COC(=O)c1ccc(-c2c(C3(CC#N)CCC3)n(-c3cc(F)cc(OC)c3)c3cc4cn[nH]c4c(F)c23)cc1. The van der Waals surface area contributed by atoms with Gasteiger partial charge in [-0.25, -0.2) is 13.6 Å². The molecule has 9 heteroatoms. The van der Waals surface area contributed by atoms with Crippen LogP contribution in [0.1, 0.15) is 41.7 Å². The van der Waals surface area contributed by atoms with Crippen molar-refractivity contribution in [1.82, 2.24) is 14.8 Å². The summed E-state index contributed by atoms with van der Waals surface area (Å²) in [6.07, 6.45) is 4.10. The largest absolute Gasteiger partial charge is 0.497 e. The molecule has 0 aliphatic heterocycles. The summed E-state index contributed by atoms with van der Waals surface area (Å²) in [5.41, 5.74) is 2.97. The molecule has 2 heterocycles. The van der Waals surface area contributed by atoms with Gasteiger partial charge in [-0.3, -0.25) is 5.10 Å². The van der Waals surface area contributed by atoms with Gasteiger partial charge in [0.2, 0.25) is 0 Å². The van der Waals surface area contributed by atoms with Crippen LogP contribution in [0.5, 0.6) is 5.75 Å². The summed E-state index contributed by atoms with van der Waals surface area (Å²) >= 11 is 0. The van der Waals surface area contributed by atoms with Crippen molar-refractivity contribution in [1.29, 1.82) is 5.26 Å². The number of rotatable bonds is 6. The Balaban J connectivity index is 1.79. The average Bonchev–Trinajstić information content (AvgIpc) is 3.53. The highest BCUT2D eigenvalue weighted by Gasteiger charge is 2.44. The fourth-order valence-corrected chi connectivity index (χ4v) is 5.79. The van der Waals surface area contributed by atoms with E-state index in [9.17, 15) is 14.4 Å². The Morgan fingerprint density at radius 2 is 1.92 bits per heavy atom. The zero-order valence-electron chi connectivity index (χ0n) is 21.3. The predicted octanol–water partition coefficient (Wildman–Crippen LogP) is 6.58. The highest BCUT2D eigenvalue weighted by atomic mass is 19.1. The molecular weight excluding hydrogens is 502 g/mol. The molecule has 3 aromatic carbocycles. The van der Waals surface area contributed by atoms with E-state index in [1.807, 2.05) is 10.6 Å². The van der Waals surface area contributed by atoms with E-state index in [1.165, 1.54) is 26.4 Å². The van der Waals surface area contributed by atoms with Crippen LogP contribution < -0.4 is 4.74 Å². The summed E-state index contributed by atoms with van der Waals surface area (Å²) in [7, 11) is 2.77. The Hall–Kier alpha value is -4.71. The lowest BCUT2D eigenvalue weighted by atomic mass is 9.63. The molecule has 196 valence electrons. The zero-order valence-corrected chi connectivity index (χ0v) is 21.3. The number of esters is 1. The third kappa shape index (κ3) is 3.75. The van der Waals surface area contributed by atoms with Crippen LogP contribution >= 0.6 is 0 Å². The molecule has 0 unspecified atom stereocenters. The first-order valence-corrected chi connectivity index (χ1v) is 12.5.